The third-order valence-corrected chi connectivity index (χ3v) is 4.73. The lowest BCUT2D eigenvalue weighted by molar-refractivity contribution is -0.127. The average Bonchev–Trinajstić information content (AvgIpc) is 3.01. The first-order valence-corrected chi connectivity index (χ1v) is 8.15. The van der Waals surface area contributed by atoms with Crippen molar-refractivity contribution in [2.45, 2.75) is 45.1 Å². The second-order valence-electron chi connectivity index (χ2n) is 5.98. The third kappa shape index (κ3) is 2.36. The predicted octanol–water partition coefficient (Wildman–Crippen LogP) is 3.37. The van der Waals surface area contributed by atoms with Gasteiger partial charge in [0, 0.05) is 5.39 Å². The summed E-state index contributed by atoms with van der Waals surface area (Å²) in [6, 6.07) is 7.92. The summed E-state index contributed by atoms with van der Waals surface area (Å²) in [7, 11) is 0. The number of unbranched alkanes of at least 4 members (excludes halogenated alkanes) is 1. The molecule has 0 spiro atoms. The van der Waals surface area contributed by atoms with E-state index in [2.05, 4.69) is 16.9 Å². The number of fused-ring (bicyclic) bond motifs is 3. The van der Waals surface area contributed by atoms with Gasteiger partial charge < -0.3 is 10.3 Å². The van der Waals surface area contributed by atoms with E-state index in [9.17, 15) is 4.79 Å². The van der Waals surface area contributed by atoms with Crippen LogP contribution >= 0.6 is 0 Å². The minimum Gasteiger partial charge on any atom is -0.368 e. The number of carbonyl (C=O) groups excluding carboxylic acids is 1. The number of benzene rings is 1. The summed E-state index contributed by atoms with van der Waals surface area (Å²) in [5, 5.41) is 0.998. The van der Waals surface area contributed by atoms with Crippen LogP contribution in [0.5, 0.6) is 0 Å². The Balaban J connectivity index is 2.32. The molecule has 0 radical (unpaired) electrons. The molecule has 1 unspecified atom stereocenters. The normalized spacial score (nSPS) is 14.2. The molecule has 23 heavy (non-hydrogen) atoms. The van der Waals surface area contributed by atoms with E-state index in [0.29, 0.717) is 6.42 Å². The first-order valence-electron chi connectivity index (χ1n) is 8.15. The van der Waals surface area contributed by atoms with Crippen molar-refractivity contribution < 1.29 is 4.79 Å². The van der Waals surface area contributed by atoms with Crippen LogP contribution in [0.2, 0.25) is 0 Å². The zero-order valence-corrected chi connectivity index (χ0v) is 13.6. The molecule has 0 saturated heterocycles. The van der Waals surface area contributed by atoms with Crippen LogP contribution in [0.15, 0.2) is 36.8 Å². The van der Waals surface area contributed by atoms with Crippen LogP contribution in [0.25, 0.3) is 21.9 Å². The number of hydrogen-bond acceptors (Lipinski definition) is 3. The molecule has 0 aliphatic heterocycles. The van der Waals surface area contributed by atoms with Gasteiger partial charge >= 0.3 is 0 Å². The first kappa shape index (κ1) is 15.5. The maximum absolute atomic E-state index is 12.4. The molecule has 2 N–H and O–H groups in total. The molecule has 2 aromatic heterocycles. The van der Waals surface area contributed by atoms with Gasteiger partial charge in [-0.05, 0) is 18.9 Å². The highest BCUT2D eigenvalue weighted by Gasteiger charge is 2.37. The number of nitrogens with zero attached hydrogens (tertiary/aromatic N) is 3. The molecular weight excluding hydrogens is 288 g/mol. The van der Waals surface area contributed by atoms with Crippen LogP contribution < -0.4 is 5.73 Å². The van der Waals surface area contributed by atoms with Gasteiger partial charge in [0.25, 0.3) is 0 Å². The Hall–Kier alpha value is -2.43. The minimum atomic E-state index is -0.741. The van der Waals surface area contributed by atoms with Crippen molar-refractivity contribution in [3.8, 4) is 0 Å². The SMILES string of the molecule is CCCCC(CC)(C(N)=O)n1cnc2cnc3ccccc3c21. The monoisotopic (exact) mass is 310 g/mol. The molecule has 1 amide bonds. The Labute approximate surface area is 135 Å². The van der Waals surface area contributed by atoms with Gasteiger partial charge in [0.15, 0.2) is 0 Å². The molecule has 2 heterocycles. The Morgan fingerprint density at radius 1 is 1.22 bits per heavy atom. The third-order valence-electron chi connectivity index (χ3n) is 4.73. The summed E-state index contributed by atoms with van der Waals surface area (Å²) < 4.78 is 1.98. The fourth-order valence-corrected chi connectivity index (χ4v) is 3.32. The number of para-hydroxylation sites is 1. The van der Waals surface area contributed by atoms with E-state index >= 15 is 0 Å². The van der Waals surface area contributed by atoms with Crippen molar-refractivity contribution in [3.05, 3.63) is 36.8 Å². The van der Waals surface area contributed by atoms with Crippen LogP contribution in [-0.4, -0.2) is 20.4 Å². The van der Waals surface area contributed by atoms with Gasteiger partial charge in [-0.2, -0.15) is 0 Å². The highest BCUT2D eigenvalue weighted by molar-refractivity contribution is 6.03. The summed E-state index contributed by atoms with van der Waals surface area (Å²) in [6.45, 7) is 4.13. The molecule has 0 saturated carbocycles. The van der Waals surface area contributed by atoms with E-state index < -0.39 is 5.54 Å². The first-order chi connectivity index (χ1) is 11.1. The van der Waals surface area contributed by atoms with Gasteiger partial charge in [-0.1, -0.05) is 44.9 Å². The Bertz CT molecular complexity index is 854. The van der Waals surface area contributed by atoms with Crippen molar-refractivity contribution in [2.75, 3.05) is 0 Å². The number of nitrogens with two attached hydrogens (primary N) is 1. The molecular formula is C18H22N4O. The van der Waals surface area contributed by atoms with E-state index in [1.54, 1.807) is 12.5 Å². The highest BCUT2D eigenvalue weighted by Crippen LogP contribution is 2.33. The summed E-state index contributed by atoms with van der Waals surface area (Å²) in [5.74, 6) is -0.298. The van der Waals surface area contributed by atoms with E-state index in [1.165, 1.54) is 0 Å². The molecule has 1 aromatic carbocycles. The number of pyridine rings is 1. The minimum absolute atomic E-state index is 0.298. The fraction of sp³-hybridized carbons (Fsp3) is 0.389. The number of hydrogen-bond donors (Lipinski definition) is 1. The molecule has 3 rings (SSSR count). The molecule has 0 bridgehead atoms. The van der Waals surface area contributed by atoms with Gasteiger partial charge in [0.1, 0.15) is 11.1 Å². The largest absolute Gasteiger partial charge is 0.368 e. The lowest BCUT2D eigenvalue weighted by atomic mass is 9.88. The van der Waals surface area contributed by atoms with Gasteiger partial charge in [0.2, 0.25) is 5.91 Å². The van der Waals surface area contributed by atoms with Crippen LogP contribution in [-0.2, 0) is 10.3 Å². The number of amides is 1. The Morgan fingerprint density at radius 3 is 2.70 bits per heavy atom. The van der Waals surface area contributed by atoms with Crippen LogP contribution in [0, 0.1) is 0 Å². The molecule has 120 valence electrons. The van der Waals surface area contributed by atoms with Crippen LogP contribution in [0.3, 0.4) is 0 Å². The zero-order chi connectivity index (χ0) is 16.4. The topological polar surface area (TPSA) is 73.8 Å². The lowest BCUT2D eigenvalue weighted by Gasteiger charge is -2.32. The van der Waals surface area contributed by atoms with Gasteiger partial charge in [-0.15, -0.1) is 0 Å². The lowest BCUT2D eigenvalue weighted by Crippen LogP contribution is -2.45. The maximum atomic E-state index is 12.4. The predicted molar refractivity (Wildman–Crippen MR) is 92.0 cm³/mol. The molecule has 3 aromatic rings. The molecule has 0 aliphatic carbocycles. The van der Waals surface area contributed by atoms with Gasteiger partial charge in [-0.3, -0.25) is 9.78 Å². The fourth-order valence-electron chi connectivity index (χ4n) is 3.32. The summed E-state index contributed by atoms with van der Waals surface area (Å²) in [6.07, 6.45) is 6.82. The smallest absolute Gasteiger partial charge is 0.243 e. The van der Waals surface area contributed by atoms with E-state index in [-0.39, 0.29) is 5.91 Å². The number of carbonyl (C=O) groups is 1. The highest BCUT2D eigenvalue weighted by atomic mass is 16.1. The molecule has 0 fully saturated rings. The zero-order valence-electron chi connectivity index (χ0n) is 13.6. The van der Waals surface area contributed by atoms with Crippen molar-refractivity contribution in [3.63, 3.8) is 0 Å². The summed E-state index contributed by atoms with van der Waals surface area (Å²) in [4.78, 5) is 21.3. The van der Waals surface area contributed by atoms with Gasteiger partial charge in [0.05, 0.1) is 23.6 Å². The van der Waals surface area contributed by atoms with E-state index in [4.69, 9.17) is 5.73 Å². The van der Waals surface area contributed by atoms with Crippen LogP contribution in [0.4, 0.5) is 0 Å². The molecule has 5 nitrogen and oxygen atoms in total. The van der Waals surface area contributed by atoms with Crippen molar-refractivity contribution in [1.82, 2.24) is 14.5 Å². The van der Waals surface area contributed by atoms with Gasteiger partial charge in [-0.25, -0.2) is 4.98 Å². The number of aromatic nitrogens is 3. The second-order valence-corrected chi connectivity index (χ2v) is 5.98. The van der Waals surface area contributed by atoms with Crippen molar-refractivity contribution in [2.24, 2.45) is 5.73 Å². The Kier molecular flexibility index (Phi) is 4.03. The molecule has 1 atom stereocenters. The number of rotatable bonds is 6. The number of primary amides is 1. The van der Waals surface area contributed by atoms with Crippen molar-refractivity contribution in [1.29, 1.82) is 0 Å². The Morgan fingerprint density at radius 2 is 2.00 bits per heavy atom. The van der Waals surface area contributed by atoms with E-state index in [0.717, 1.165) is 41.2 Å². The van der Waals surface area contributed by atoms with Crippen molar-refractivity contribution >= 4 is 27.8 Å². The average molecular weight is 310 g/mol. The quantitative estimate of drug-likeness (QED) is 0.758. The molecule has 5 heteroatoms. The summed E-state index contributed by atoms with van der Waals surface area (Å²) >= 11 is 0. The molecule has 0 aliphatic rings. The number of imidazole rings is 1. The summed E-state index contributed by atoms with van der Waals surface area (Å²) in [5.41, 5.74) is 7.73. The maximum Gasteiger partial charge on any atom is 0.243 e. The second kappa shape index (κ2) is 5.99. The van der Waals surface area contributed by atoms with Crippen LogP contribution in [0.1, 0.15) is 39.5 Å². The van der Waals surface area contributed by atoms with E-state index in [1.807, 2.05) is 35.8 Å². The standard InChI is InChI=1S/C18H22N4O/c1-3-5-10-18(4-2,17(19)23)22-12-21-15-11-20-14-9-7-6-8-13(14)16(15)22/h6-9,11-12H,3-5,10H2,1-2H3,(H2,19,23).